The second-order valence-corrected chi connectivity index (χ2v) is 11.4. The molecule has 0 spiro atoms. The number of β-lactam (4-membered cyclic amide) rings is 1. The molecule has 4 N–H and O–H groups in total. The topological polar surface area (TPSA) is 139 Å². The van der Waals surface area contributed by atoms with Gasteiger partial charge in [-0.3, -0.25) is 19.6 Å². The number of nitrogen functional groups attached to an aromatic ring is 1. The quantitative estimate of drug-likeness (QED) is 0.209. The molecule has 13 heteroatoms. The number of fused-ring (bicyclic) bond motifs is 1. The van der Waals surface area contributed by atoms with Crippen LogP contribution in [0.2, 0.25) is 0 Å². The number of nitrogens with one attached hydrogen (secondary N) is 2. The molecule has 2 aromatic heterocycles. The Hall–Kier alpha value is -4.07. The second-order valence-electron chi connectivity index (χ2n) is 9.08. The summed E-state index contributed by atoms with van der Waals surface area (Å²) in [7, 11) is 0. The van der Waals surface area contributed by atoms with E-state index in [1.807, 2.05) is 60.7 Å². The summed E-state index contributed by atoms with van der Waals surface area (Å²) in [5.41, 5.74) is 9.24. The van der Waals surface area contributed by atoms with E-state index in [9.17, 15) is 9.59 Å². The maximum atomic E-state index is 13.5. The fourth-order valence-corrected chi connectivity index (χ4v) is 6.91. The molecule has 2 aliphatic rings. The first-order valence-corrected chi connectivity index (χ1v) is 14.7. The molecule has 0 radical (unpaired) electrons. The van der Waals surface area contributed by atoms with Gasteiger partial charge in [0.25, 0.3) is 5.91 Å². The molecule has 4 aromatic rings. The van der Waals surface area contributed by atoms with Gasteiger partial charge < -0.3 is 15.8 Å². The molecule has 0 aliphatic carbocycles. The van der Waals surface area contributed by atoms with Crippen LogP contribution in [0.1, 0.15) is 28.7 Å². The van der Waals surface area contributed by atoms with Crippen LogP contribution < -0.4 is 11.1 Å². The minimum absolute atomic E-state index is 0.0399. The molecule has 202 valence electrons. The number of thiazole rings is 1. The van der Waals surface area contributed by atoms with Gasteiger partial charge in [0.2, 0.25) is 11.0 Å². The van der Waals surface area contributed by atoms with E-state index in [0.717, 1.165) is 11.1 Å². The van der Waals surface area contributed by atoms with E-state index in [4.69, 9.17) is 22.7 Å². The van der Waals surface area contributed by atoms with Crippen LogP contribution in [0.3, 0.4) is 0 Å². The Labute approximate surface area is 243 Å². The predicted octanol–water partition coefficient (Wildman–Crippen LogP) is 3.33. The molecule has 2 aliphatic heterocycles. The Bertz CT molecular complexity index is 1540. The highest BCUT2D eigenvalue weighted by atomic mass is 32.2. The van der Waals surface area contributed by atoms with Gasteiger partial charge in [0, 0.05) is 16.7 Å². The minimum atomic E-state index is -0.707. The minimum Gasteiger partial charge on any atom is -0.469 e. The Morgan fingerprint density at radius 3 is 2.48 bits per heavy atom. The van der Waals surface area contributed by atoms with Crippen molar-refractivity contribution in [2.75, 3.05) is 11.5 Å². The number of carbonyl (C=O) groups is 2. The van der Waals surface area contributed by atoms with Crippen LogP contribution >= 0.6 is 35.3 Å². The molecule has 1 saturated heterocycles. The fourth-order valence-electron chi connectivity index (χ4n) is 4.68. The zero-order valence-corrected chi connectivity index (χ0v) is 23.3. The summed E-state index contributed by atoms with van der Waals surface area (Å²) < 4.78 is 6.49. The lowest BCUT2D eigenvalue weighted by atomic mass is 10.0. The number of hydrogen-bond acceptors (Lipinski definition) is 10. The molecule has 40 heavy (non-hydrogen) atoms. The van der Waals surface area contributed by atoms with Gasteiger partial charge in [0.05, 0.1) is 12.1 Å². The van der Waals surface area contributed by atoms with Crippen molar-refractivity contribution in [3.63, 3.8) is 0 Å². The molecule has 0 unspecified atom stereocenters. The van der Waals surface area contributed by atoms with Gasteiger partial charge in [-0.05, 0) is 23.3 Å². The standard InChI is InChI=1S/C27H23N7O3S3/c28-27-31-17(12-40-27)11-19(35)32-20-24(36)34-21(18(13-39-25(20)34)23-29-14-30-33-23)26(38)37-22(15-7-3-1-4-8-15)16-9-5-2-6-10-16/h1-10,12,14,20,22,25H,11,13H2,(H2,28,31)(H,32,35)(H,29,30,33)/t20-,25-/m1/s1. The molecule has 1 fully saturated rings. The number of amides is 2. The summed E-state index contributed by atoms with van der Waals surface area (Å²) in [6, 6.07) is 18.8. The van der Waals surface area contributed by atoms with Gasteiger partial charge >= 0.3 is 0 Å². The number of ether oxygens (including phenoxy) is 1. The second kappa shape index (κ2) is 11.2. The van der Waals surface area contributed by atoms with Crippen LogP contribution in [0.4, 0.5) is 5.13 Å². The number of thiocarbonyl (C=S) groups is 1. The smallest absolute Gasteiger partial charge is 0.253 e. The van der Waals surface area contributed by atoms with Crippen molar-refractivity contribution in [2.24, 2.45) is 0 Å². The first-order valence-electron chi connectivity index (χ1n) is 12.3. The van der Waals surface area contributed by atoms with Gasteiger partial charge in [-0.25, -0.2) is 9.97 Å². The first kappa shape index (κ1) is 26.2. The zero-order valence-electron chi connectivity index (χ0n) is 20.9. The van der Waals surface area contributed by atoms with Crippen molar-refractivity contribution >= 4 is 62.9 Å². The van der Waals surface area contributed by atoms with Crippen LogP contribution in [0, 0.1) is 0 Å². The lowest BCUT2D eigenvalue weighted by Crippen LogP contribution is -2.70. The van der Waals surface area contributed by atoms with E-state index in [0.29, 0.717) is 33.7 Å². The summed E-state index contributed by atoms with van der Waals surface area (Å²) in [4.78, 5) is 36.3. The Morgan fingerprint density at radius 2 is 1.88 bits per heavy atom. The first-order chi connectivity index (χ1) is 19.5. The molecule has 0 bridgehead atoms. The van der Waals surface area contributed by atoms with E-state index in [2.05, 4.69) is 25.5 Å². The van der Waals surface area contributed by atoms with Crippen molar-refractivity contribution in [3.8, 4) is 0 Å². The third-order valence-electron chi connectivity index (χ3n) is 6.52. The fraction of sp³-hybridized carbons (Fsp3) is 0.185. The van der Waals surface area contributed by atoms with Crippen molar-refractivity contribution < 1.29 is 14.3 Å². The van der Waals surface area contributed by atoms with Gasteiger partial charge in [-0.15, -0.1) is 23.1 Å². The average molecular weight is 590 g/mol. The van der Waals surface area contributed by atoms with Gasteiger partial charge in [0.1, 0.15) is 29.5 Å². The predicted molar refractivity (Wildman–Crippen MR) is 157 cm³/mol. The maximum absolute atomic E-state index is 13.5. The number of aromatic amines is 1. The highest BCUT2D eigenvalue weighted by molar-refractivity contribution is 8.00. The SMILES string of the molecule is Nc1nc(CC(=O)N[C@@H]2C(=O)N3C(C(=S)OC(c4ccccc4)c4ccccc4)=C(c4ncn[nH]4)CS[C@H]23)cs1. The lowest BCUT2D eigenvalue weighted by molar-refractivity contribution is -0.145. The van der Waals surface area contributed by atoms with Crippen LogP contribution in [0.15, 0.2) is 78.1 Å². The molecule has 2 atom stereocenters. The third-order valence-corrected chi connectivity index (χ3v) is 8.81. The number of nitrogens with two attached hydrogens (primary N) is 1. The van der Waals surface area contributed by atoms with Crippen LogP contribution in [-0.4, -0.2) is 59.1 Å². The lowest BCUT2D eigenvalue weighted by Gasteiger charge is -2.50. The molecule has 4 heterocycles. The van der Waals surface area contributed by atoms with Crippen molar-refractivity contribution in [1.82, 2.24) is 30.4 Å². The molecular weight excluding hydrogens is 567 g/mol. The zero-order chi connectivity index (χ0) is 27.6. The average Bonchev–Trinajstić information content (AvgIpc) is 3.66. The maximum Gasteiger partial charge on any atom is 0.253 e. The van der Waals surface area contributed by atoms with E-state index < -0.39 is 12.1 Å². The number of nitrogens with zero attached hydrogens (tertiary/aromatic N) is 4. The number of rotatable bonds is 8. The van der Waals surface area contributed by atoms with Crippen molar-refractivity contribution in [3.05, 3.63) is 101 Å². The summed E-state index contributed by atoms with van der Waals surface area (Å²) >= 11 is 8.66. The number of anilines is 1. The van der Waals surface area contributed by atoms with Crippen LogP contribution in [0.25, 0.3) is 5.57 Å². The number of carbonyl (C=O) groups excluding carboxylic acids is 2. The van der Waals surface area contributed by atoms with Crippen molar-refractivity contribution in [1.29, 1.82) is 0 Å². The molecule has 2 amide bonds. The van der Waals surface area contributed by atoms with Gasteiger partial charge in [-0.2, -0.15) is 5.10 Å². The van der Waals surface area contributed by atoms with Crippen LogP contribution in [0.5, 0.6) is 0 Å². The Kier molecular flexibility index (Phi) is 7.32. The molecule has 10 nitrogen and oxygen atoms in total. The summed E-state index contributed by atoms with van der Waals surface area (Å²) in [5, 5.41) is 11.7. The Balaban J connectivity index is 1.28. The number of thioether (sulfide) groups is 1. The van der Waals surface area contributed by atoms with Gasteiger partial charge in [-0.1, -0.05) is 60.7 Å². The van der Waals surface area contributed by atoms with Crippen molar-refractivity contribution in [2.45, 2.75) is 23.9 Å². The summed E-state index contributed by atoms with van der Waals surface area (Å²) in [6.45, 7) is 0. The van der Waals surface area contributed by atoms with Gasteiger partial charge in [0.15, 0.2) is 11.0 Å². The number of H-pyrrole nitrogens is 1. The van der Waals surface area contributed by atoms with E-state index in [-0.39, 0.29) is 28.7 Å². The monoisotopic (exact) mass is 589 g/mol. The molecule has 6 rings (SSSR count). The largest absolute Gasteiger partial charge is 0.469 e. The van der Waals surface area contributed by atoms with Crippen LogP contribution in [-0.2, 0) is 20.7 Å². The third kappa shape index (κ3) is 5.10. The number of hydrogen-bond donors (Lipinski definition) is 3. The van der Waals surface area contributed by atoms with E-state index in [1.165, 1.54) is 29.4 Å². The Morgan fingerprint density at radius 1 is 1.18 bits per heavy atom. The summed E-state index contributed by atoms with van der Waals surface area (Å²) in [5.74, 6) is 0.405. The molecule has 2 aromatic carbocycles. The summed E-state index contributed by atoms with van der Waals surface area (Å²) in [6.07, 6.45) is 0.950. The molecule has 0 saturated carbocycles. The highest BCUT2D eigenvalue weighted by Gasteiger charge is 2.54. The van der Waals surface area contributed by atoms with E-state index >= 15 is 0 Å². The highest BCUT2D eigenvalue weighted by Crippen LogP contribution is 2.44. The normalized spacial score (nSPS) is 18.3. The van der Waals surface area contributed by atoms with E-state index in [1.54, 1.807) is 10.3 Å². The number of benzene rings is 2. The molecular formula is C27H23N7O3S3. The number of aromatic nitrogens is 4.